The lowest BCUT2D eigenvalue weighted by atomic mass is 10.1. The van der Waals surface area contributed by atoms with Crippen LogP contribution in [0, 0.1) is 20.2 Å². The van der Waals surface area contributed by atoms with Gasteiger partial charge in [-0.25, -0.2) is 0 Å². The standard InChI is InChI=1S/C22H18N4O7/c1-2-33-18-9-7-15(8-10-18)23-22(28)19-5-3-4-6-20(19)24-21(27)14-11-16(25(29)30)13-17(12-14)26(31)32/h3-13H,2H2,1H3,(H,23,28)(H,24,27). The van der Waals surface area contributed by atoms with E-state index in [-0.39, 0.29) is 16.8 Å². The van der Waals surface area contributed by atoms with Gasteiger partial charge in [-0.3, -0.25) is 29.8 Å². The van der Waals surface area contributed by atoms with Gasteiger partial charge in [0.2, 0.25) is 0 Å². The van der Waals surface area contributed by atoms with E-state index in [1.807, 2.05) is 6.92 Å². The molecular weight excluding hydrogens is 432 g/mol. The molecule has 0 bridgehead atoms. The number of non-ortho nitro benzene ring substituents is 2. The largest absolute Gasteiger partial charge is 0.494 e. The Morgan fingerprint density at radius 2 is 1.45 bits per heavy atom. The van der Waals surface area contributed by atoms with Gasteiger partial charge < -0.3 is 15.4 Å². The molecule has 3 aromatic carbocycles. The van der Waals surface area contributed by atoms with Crippen LogP contribution in [0.3, 0.4) is 0 Å². The summed E-state index contributed by atoms with van der Waals surface area (Å²) in [5, 5.41) is 27.3. The van der Waals surface area contributed by atoms with Gasteiger partial charge in [0, 0.05) is 17.8 Å². The van der Waals surface area contributed by atoms with Crippen molar-refractivity contribution >= 4 is 34.6 Å². The molecule has 0 saturated heterocycles. The third-order valence-electron chi connectivity index (χ3n) is 4.43. The zero-order valence-electron chi connectivity index (χ0n) is 17.3. The van der Waals surface area contributed by atoms with Gasteiger partial charge in [0.25, 0.3) is 23.2 Å². The maximum absolute atomic E-state index is 12.8. The predicted molar refractivity (Wildman–Crippen MR) is 120 cm³/mol. The summed E-state index contributed by atoms with van der Waals surface area (Å²) in [4.78, 5) is 46.0. The highest BCUT2D eigenvalue weighted by atomic mass is 16.6. The summed E-state index contributed by atoms with van der Waals surface area (Å²) in [7, 11) is 0. The third-order valence-corrected chi connectivity index (χ3v) is 4.43. The molecule has 0 aliphatic rings. The number of hydrogen-bond acceptors (Lipinski definition) is 7. The van der Waals surface area contributed by atoms with Crippen molar-refractivity contribution < 1.29 is 24.2 Å². The number of benzene rings is 3. The lowest BCUT2D eigenvalue weighted by Gasteiger charge is -2.12. The summed E-state index contributed by atoms with van der Waals surface area (Å²) in [6.45, 7) is 2.36. The molecule has 0 spiro atoms. The Labute approximate surface area is 187 Å². The number of hydrogen-bond donors (Lipinski definition) is 2. The number of nitro benzene ring substituents is 2. The molecule has 33 heavy (non-hydrogen) atoms. The van der Waals surface area contributed by atoms with E-state index in [0.717, 1.165) is 18.2 Å². The molecule has 11 nitrogen and oxygen atoms in total. The highest BCUT2D eigenvalue weighted by Gasteiger charge is 2.21. The number of amides is 2. The highest BCUT2D eigenvalue weighted by Crippen LogP contribution is 2.25. The normalized spacial score (nSPS) is 10.2. The van der Waals surface area contributed by atoms with Gasteiger partial charge in [0.15, 0.2) is 0 Å². The highest BCUT2D eigenvalue weighted by molar-refractivity contribution is 6.12. The monoisotopic (exact) mass is 450 g/mol. The summed E-state index contributed by atoms with van der Waals surface area (Å²) in [5.41, 5.74) is -0.747. The van der Waals surface area contributed by atoms with E-state index in [0.29, 0.717) is 18.0 Å². The van der Waals surface area contributed by atoms with Crippen LogP contribution in [0.2, 0.25) is 0 Å². The molecule has 2 N–H and O–H groups in total. The quantitative estimate of drug-likeness (QED) is 0.381. The second kappa shape index (κ2) is 10.0. The van der Waals surface area contributed by atoms with E-state index in [9.17, 15) is 29.8 Å². The van der Waals surface area contributed by atoms with Crippen LogP contribution in [0.5, 0.6) is 5.75 Å². The molecule has 0 saturated carbocycles. The van der Waals surface area contributed by atoms with E-state index in [1.165, 1.54) is 12.1 Å². The molecule has 0 fully saturated rings. The van der Waals surface area contributed by atoms with Gasteiger partial charge >= 0.3 is 0 Å². The second-order valence-corrected chi connectivity index (χ2v) is 6.66. The van der Waals surface area contributed by atoms with Gasteiger partial charge in [-0.15, -0.1) is 0 Å². The maximum Gasteiger partial charge on any atom is 0.277 e. The zero-order valence-corrected chi connectivity index (χ0v) is 17.3. The molecule has 0 aromatic heterocycles. The van der Waals surface area contributed by atoms with Gasteiger partial charge in [0.05, 0.1) is 39.3 Å². The molecule has 3 rings (SSSR count). The first-order valence-corrected chi connectivity index (χ1v) is 9.67. The average Bonchev–Trinajstić information content (AvgIpc) is 2.80. The Kier molecular flexibility index (Phi) is 6.94. The summed E-state index contributed by atoms with van der Waals surface area (Å²) in [5.74, 6) is -0.711. The number of nitro groups is 2. The molecule has 3 aromatic rings. The van der Waals surface area contributed by atoms with Crippen LogP contribution in [-0.4, -0.2) is 28.3 Å². The first kappa shape index (κ1) is 22.9. The Balaban J connectivity index is 1.83. The Morgan fingerprint density at radius 3 is 2.03 bits per heavy atom. The number of para-hydroxylation sites is 1. The van der Waals surface area contributed by atoms with Crippen molar-refractivity contribution in [2.75, 3.05) is 17.2 Å². The van der Waals surface area contributed by atoms with Crippen LogP contribution in [0.15, 0.2) is 66.7 Å². The number of carbonyl (C=O) groups excluding carboxylic acids is 2. The minimum Gasteiger partial charge on any atom is -0.494 e. The molecular formula is C22H18N4O7. The van der Waals surface area contributed by atoms with Crippen molar-refractivity contribution in [3.63, 3.8) is 0 Å². The minimum atomic E-state index is -0.844. The van der Waals surface area contributed by atoms with Crippen LogP contribution in [0.1, 0.15) is 27.6 Å². The lowest BCUT2D eigenvalue weighted by Crippen LogP contribution is -2.18. The SMILES string of the molecule is CCOc1ccc(NC(=O)c2ccccc2NC(=O)c2cc([N+](=O)[O-])cc([N+](=O)[O-])c2)cc1. The summed E-state index contributed by atoms with van der Waals surface area (Å²) in [6.07, 6.45) is 0. The van der Waals surface area contributed by atoms with Crippen molar-refractivity contribution in [1.82, 2.24) is 0 Å². The summed E-state index contributed by atoms with van der Waals surface area (Å²) < 4.78 is 5.36. The predicted octanol–water partition coefficient (Wildman–Crippen LogP) is 4.41. The van der Waals surface area contributed by atoms with E-state index in [1.54, 1.807) is 36.4 Å². The first-order chi connectivity index (χ1) is 15.8. The van der Waals surface area contributed by atoms with Crippen LogP contribution in [0.25, 0.3) is 0 Å². The van der Waals surface area contributed by atoms with Crippen molar-refractivity contribution in [2.24, 2.45) is 0 Å². The zero-order chi connectivity index (χ0) is 24.0. The molecule has 0 unspecified atom stereocenters. The molecule has 0 aliphatic heterocycles. The fraction of sp³-hybridized carbons (Fsp3) is 0.0909. The summed E-state index contributed by atoms with van der Waals surface area (Å²) >= 11 is 0. The van der Waals surface area contributed by atoms with E-state index < -0.39 is 33.0 Å². The van der Waals surface area contributed by atoms with Crippen molar-refractivity contribution in [3.05, 3.63) is 98.1 Å². The topological polar surface area (TPSA) is 154 Å². The third kappa shape index (κ3) is 5.67. The van der Waals surface area contributed by atoms with Crippen LogP contribution >= 0.6 is 0 Å². The number of anilines is 2. The molecule has 0 atom stereocenters. The van der Waals surface area contributed by atoms with Crippen LogP contribution < -0.4 is 15.4 Å². The fourth-order valence-electron chi connectivity index (χ4n) is 2.92. The smallest absolute Gasteiger partial charge is 0.277 e. The van der Waals surface area contributed by atoms with E-state index >= 15 is 0 Å². The number of rotatable bonds is 8. The summed E-state index contributed by atoms with van der Waals surface area (Å²) in [6, 6.07) is 15.4. The van der Waals surface area contributed by atoms with E-state index in [2.05, 4.69) is 10.6 Å². The fourth-order valence-corrected chi connectivity index (χ4v) is 2.92. The first-order valence-electron chi connectivity index (χ1n) is 9.67. The number of carbonyl (C=O) groups is 2. The van der Waals surface area contributed by atoms with Gasteiger partial charge in [-0.05, 0) is 43.3 Å². The van der Waals surface area contributed by atoms with Crippen molar-refractivity contribution in [2.45, 2.75) is 6.92 Å². The van der Waals surface area contributed by atoms with Crippen LogP contribution in [0.4, 0.5) is 22.7 Å². The molecule has 2 amide bonds. The number of nitrogens with one attached hydrogen (secondary N) is 2. The van der Waals surface area contributed by atoms with Gasteiger partial charge in [-0.1, -0.05) is 12.1 Å². The van der Waals surface area contributed by atoms with Crippen molar-refractivity contribution in [3.8, 4) is 5.75 Å². The average molecular weight is 450 g/mol. The molecule has 0 heterocycles. The Hall–Kier alpha value is -4.80. The molecule has 0 radical (unpaired) electrons. The number of ether oxygens (including phenoxy) is 1. The number of nitrogens with zero attached hydrogens (tertiary/aromatic N) is 2. The lowest BCUT2D eigenvalue weighted by molar-refractivity contribution is -0.394. The minimum absolute atomic E-state index is 0.125. The second-order valence-electron chi connectivity index (χ2n) is 6.66. The molecule has 168 valence electrons. The van der Waals surface area contributed by atoms with Crippen LogP contribution in [-0.2, 0) is 0 Å². The Morgan fingerprint density at radius 1 is 0.848 bits per heavy atom. The van der Waals surface area contributed by atoms with Crippen molar-refractivity contribution in [1.29, 1.82) is 0 Å². The Bertz CT molecular complexity index is 1190. The maximum atomic E-state index is 12.8. The molecule has 0 aliphatic carbocycles. The van der Waals surface area contributed by atoms with Gasteiger partial charge in [0.1, 0.15) is 5.75 Å². The molecule has 11 heteroatoms. The van der Waals surface area contributed by atoms with Gasteiger partial charge in [-0.2, -0.15) is 0 Å². The van der Waals surface area contributed by atoms with E-state index in [4.69, 9.17) is 4.74 Å².